The fraction of sp³-hybridized carbons (Fsp3) is 0.458. The number of rotatable bonds is 5. The Morgan fingerprint density at radius 1 is 0.926 bits per heavy atom. The van der Waals surface area contributed by atoms with Gasteiger partial charge in [0.05, 0.1) is 6.42 Å². The monoisotopic (exact) mass is 362 g/mol. The van der Waals surface area contributed by atoms with Crippen LogP contribution in [-0.4, -0.2) is 29.9 Å². The zero-order valence-corrected chi connectivity index (χ0v) is 16.1. The van der Waals surface area contributed by atoms with Crippen molar-refractivity contribution in [1.29, 1.82) is 0 Å². The molecule has 0 aromatic heterocycles. The predicted octanol–water partition coefficient (Wildman–Crippen LogP) is 3.89. The van der Waals surface area contributed by atoms with Crippen molar-refractivity contribution in [2.75, 3.05) is 13.1 Å². The highest BCUT2D eigenvalue weighted by Crippen LogP contribution is 2.22. The minimum Gasteiger partial charge on any atom is -0.353 e. The molecule has 1 aliphatic carbocycles. The summed E-state index contributed by atoms with van der Waals surface area (Å²) >= 11 is 0. The van der Waals surface area contributed by atoms with Crippen molar-refractivity contribution in [3.8, 4) is 0 Å². The molecule has 0 radical (unpaired) electrons. The van der Waals surface area contributed by atoms with Gasteiger partial charge in [-0.3, -0.25) is 9.69 Å². The minimum absolute atomic E-state index is 0.173. The molecule has 27 heavy (non-hydrogen) atoms. The standard InChI is InChI=1S/C24H30N2O/c27-24(17-20-10-11-21-8-4-5-9-22(21)16-20)25-23-12-14-26(15-13-23)18-19-6-2-1-3-7-19/h1-3,6-7,10-11,16,23H,4-5,8-9,12-15,17-18H2,(H,25,27). The van der Waals surface area contributed by atoms with Crippen molar-refractivity contribution in [2.24, 2.45) is 0 Å². The van der Waals surface area contributed by atoms with E-state index in [1.165, 1.54) is 42.4 Å². The predicted molar refractivity (Wildman–Crippen MR) is 110 cm³/mol. The highest BCUT2D eigenvalue weighted by atomic mass is 16.1. The molecule has 2 aromatic carbocycles. The van der Waals surface area contributed by atoms with E-state index in [1.807, 2.05) is 0 Å². The van der Waals surface area contributed by atoms with Crippen LogP contribution in [0.2, 0.25) is 0 Å². The Kier molecular flexibility index (Phi) is 5.88. The van der Waals surface area contributed by atoms with Crippen LogP contribution in [0.5, 0.6) is 0 Å². The van der Waals surface area contributed by atoms with E-state index in [9.17, 15) is 4.79 Å². The van der Waals surface area contributed by atoms with Gasteiger partial charge in [-0.05, 0) is 60.8 Å². The second-order valence-electron chi connectivity index (χ2n) is 8.09. The quantitative estimate of drug-likeness (QED) is 0.875. The number of carbonyl (C=O) groups is 1. The minimum atomic E-state index is 0.173. The maximum absolute atomic E-state index is 12.5. The molecule has 1 fully saturated rings. The number of aryl methyl sites for hydroxylation is 2. The molecule has 3 nitrogen and oxygen atoms in total. The lowest BCUT2D eigenvalue weighted by atomic mass is 9.90. The molecule has 1 aliphatic heterocycles. The molecule has 2 aliphatic rings. The Morgan fingerprint density at radius 2 is 1.67 bits per heavy atom. The number of hydrogen-bond donors (Lipinski definition) is 1. The Hall–Kier alpha value is -2.13. The van der Waals surface area contributed by atoms with Gasteiger partial charge in [0.25, 0.3) is 0 Å². The van der Waals surface area contributed by atoms with Gasteiger partial charge < -0.3 is 5.32 Å². The van der Waals surface area contributed by atoms with E-state index in [4.69, 9.17) is 0 Å². The normalized spacial score (nSPS) is 18.1. The highest BCUT2D eigenvalue weighted by Gasteiger charge is 2.21. The summed E-state index contributed by atoms with van der Waals surface area (Å²) in [5.74, 6) is 0.173. The van der Waals surface area contributed by atoms with Crippen LogP contribution in [0.4, 0.5) is 0 Å². The molecular weight excluding hydrogens is 332 g/mol. The Bertz CT molecular complexity index is 763. The lowest BCUT2D eigenvalue weighted by Crippen LogP contribution is -2.44. The van der Waals surface area contributed by atoms with E-state index >= 15 is 0 Å². The first-order valence-corrected chi connectivity index (χ1v) is 10.4. The Balaban J connectivity index is 1.24. The average Bonchev–Trinajstić information content (AvgIpc) is 2.70. The summed E-state index contributed by atoms with van der Waals surface area (Å²) in [5.41, 5.74) is 5.47. The number of benzene rings is 2. The van der Waals surface area contributed by atoms with Crippen LogP contribution >= 0.6 is 0 Å². The second kappa shape index (κ2) is 8.71. The van der Waals surface area contributed by atoms with Crippen molar-refractivity contribution in [1.82, 2.24) is 10.2 Å². The summed E-state index contributed by atoms with van der Waals surface area (Å²) in [5, 5.41) is 3.27. The third-order valence-corrected chi connectivity index (χ3v) is 5.98. The molecule has 3 heteroatoms. The lowest BCUT2D eigenvalue weighted by molar-refractivity contribution is -0.121. The third kappa shape index (κ3) is 4.98. The Labute approximate surface area is 162 Å². The number of likely N-dealkylation sites (tertiary alicyclic amines) is 1. The molecule has 4 rings (SSSR count). The summed E-state index contributed by atoms with van der Waals surface area (Å²) in [7, 11) is 0. The van der Waals surface area contributed by atoms with E-state index in [1.54, 1.807) is 0 Å². The topological polar surface area (TPSA) is 32.3 Å². The van der Waals surface area contributed by atoms with Crippen LogP contribution in [-0.2, 0) is 30.6 Å². The molecule has 0 unspecified atom stereocenters. The number of hydrogen-bond acceptors (Lipinski definition) is 2. The molecule has 0 spiro atoms. The first kappa shape index (κ1) is 18.2. The van der Waals surface area contributed by atoms with Gasteiger partial charge in [-0.1, -0.05) is 48.5 Å². The molecule has 1 amide bonds. The number of nitrogens with zero attached hydrogens (tertiary/aromatic N) is 1. The van der Waals surface area contributed by atoms with Gasteiger partial charge in [0, 0.05) is 25.7 Å². The van der Waals surface area contributed by atoms with Gasteiger partial charge in [-0.2, -0.15) is 0 Å². The van der Waals surface area contributed by atoms with Gasteiger partial charge in [-0.25, -0.2) is 0 Å². The van der Waals surface area contributed by atoms with Crippen LogP contribution in [0.1, 0.15) is 47.9 Å². The van der Waals surface area contributed by atoms with E-state index in [0.29, 0.717) is 12.5 Å². The second-order valence-corrected chi connectivity index (χ2v) is 8.09. The van der Waals surface area contributed by atoms with Crippen LogP contribution in [0.15, 0.2) is 48.5 Å². The number of amides is 1. The molecule has 1 N–H and O–H groups in total. The van der Waals surface area contributed by atoms with Crippen molar-refractivity contribution < 1.29 is 4.79 Å². The maximum Gasteiger partial charge on any atom is 0.224 e. The van der Waals surface area contributed by atoms with Gasteiger partial charge in [0.15, 0.2) is 0 Å². The fourth-order valence-corrected chi connectivity index (χ4v) is 4.44. The zero-order valence-electron chi connectivity index (χ0n) is 16.1. The summed E-state index contributed by atoms with van der Waals surface area (Å²) in [4.78, 5) is 15.0. The first-order valence-electron chi connectivity index (χ1n) is 10.4. The molecule has 1 saturated heterocycles. The van der Waals surface area contributed by atoms with Crippen LogP contribution < -0.4 is 5.32 Å². The molecule has 0 bridgehead atoms. The van der Waals surface area contributed by atoms with Gasteiger partial charge in [0.1, 0.15) is 0 Å². The zero-order chi connectivity index (χ0) is 18.5. The molecule has 142 valence electrons. The average molecular weight is 363 g/mol. The van der Waals surface area contributed by atoms with Gasteiger partial charge >= 0.3 is 0 Å². The van der Waals surface area contributed by atoms with Crippen molar-refractivity contribution in [2.45, 2.75) is 57.5 Å². The van der Waals surface area contributed by atoms with E-state index < -0.39 is 0 Å². The van der Waals surface area contributed by atoms with E-state index in [0.717, 1.165) is 38.0 Å². The number of fused-ring (bicyclic) bond motifs is 1. The smallest absolute Gasteiger partial charge is 0.224 e. The van der Waals surface area contributed by atoms with Gasteiger partial charge in [-0.15, -0.1) is 0 Å². The van der Waals surface area contributed by atoms with Crippen molar-refractivity contribution in [3.63, 3.8) is 0 Å². The SMILES string of the molecule is O=C(Cc1ccc2c(c1)CCCC2)NC1CCN(Cc2ccccc2)CC1. The maximum atomic E-state index is 12.5. The molecule has 0 atom stereocenters. The van der Waals surface area contributed by atoms with E-state index in [2.05, 4.69) is 58.7 Å². The van der Waals surface area contributed by atoms with E-state index in [-0.39, 0.29) is 5.91 Å². The fourth-order valence-electron chi connectivity index (χ4n) is 4.44. The largest absolute Gasteiger partial charge is 0.353 e. The molecule has 1 heterocycles. The van der Waals surface area contributed by atoms with Crippen LogP contribution in [0, 0.1) is 0 Å². The van der Waals surface area contributed by atoms with Crippen LogP contribution in [0.25, 0.3) is 0 Å². The van der Waals surface area contributed by atoms with Crippen LogP contribution in [0.3, 0.4) is 0 Å². The molecule has 2 aromatic rings. The molecular formula is C24H30N2O. The molecule has 0 saturated carbocycles. The lowest BCUT2D eigenvalue weighted by Gasteiger charge is -2.32. The highest BCUT2D eigenvalue weighted by molar-refractivity contribution is 5.79. The van der Waals surface area contributed by atoms with Crippen molar-refractivity contribution >= 4 is 5.91 Å². The summed E-state index contributed by atoms with van der Waals surface area (Å²) in [6.07, 6.45) is 7.55. The summed E-state index contributed by atoms with van der Waals surface area (Å²) in [6, 6.07) is 17.6. The first-order chi connectivity index (χ1) is 13.3. The number of carbonyl (C=O) groups excluding carboxylic acids is 1. The Morgan fingerprint density at radius 3 is 2.44 bits per heavy atom. The summed E-state index contributed by atoms with van der Waals surface area (Å²) in [6.45, 7) is 3.12. The van der Waals surface area contributed by atoms with Gasteiger partial charge in [0.2, 0.25) is 5.91 Å². The summed E-state index contributed by atoms with van der Waals surface area (Å²) < 4.78 is 0. The number of nitrogens with one attached hydrogen (secondary N) is 1. The van der Waals surface area contributed by atoms with Crippen molar-refractivity contribution in [3.05, 3.63) is 70.8 Å². The third-order valence-electron chi connectivity index (χ3n) is 5.98. The number of piperidine rings is 1.